The number of nitrogens with one attached hydrogen (secondary N) is 1. The van der Waals surface area contributed by atoms with Crippen LogP contribution in [-0.4, -0.2) is 19.0 Å². The molecule has 0 fully saturated rings. The largest absolute Gasteiger partial charge is 0.465 e. The van der Waals surface area contributed by atoms with E-state index in [4.69, 9.17) is 4.74 Å². The summed E-state index contributed by atoms with van der Waals surface area (Å²) >= 11 is 0. The molecule has 0 heterocycles. The summed E-state index contributed by atoms with van der Waals surface area (Å²) in [6.45, 7) is 11.6. The van der Waals surface area contributed by atoms with Crippen LogP contribution in [0.1, 0.15) is 96.3 Å². The van der Waals surface area contributed by atoms with Gasteiger partial charge in [0.15, 0.2) is 0 Å². The van der Waals surface area contributed by atoms with E-state index in [-0.39, 0.29) is 22.7 Å². The van der Waals surface area contributed by atoms with Gasteiger partial charge in [0.05, 0.1) is 12.7 Å². The van der Waals surface area contributed by atoms with Crippen molar-refractivity contribution in [3.63, 3.8) is 0 Å². The summed E-state index contributed by atoms with van der Waals surface area (Å²) < 4.78 is 4.74. The molecule has 0 radical (unpaired) electrons. The van der Waals surface area contributed by atoms with E-state index >= 15 is 0 Å². The Labute approximate surface area is 208 Å². The second-order valence-electron chi connectivity index (χ2n) is 10.9. The number of anilines is 1. The maximum Gasteiger partial charge on any atom is 0.337 e. The minimum atomic E-state index is -0.423. The minimum Gasteiger partial charge on any atom is -0.465 e. The molecule has 1 unspecified atom stereocenters. The predicted octanol–water partition coefficient (Wildman–Crippen LogP) is 7.23. The molecular formula is C31H35NO3. The van der Waals surface area contributed by atoms with Crippen LogP contribution in [-0.2, 0) is 15.6 Å². The van der Waals surface area contributed by atoms with Crippen molar-refractivity contribution >= 4 is 17.6 Å². The minimum absolute atomic E-state index is 0.110. The van der Waals surface area contributed by atoms with Gasteiger partial charge in [-0.1, -0.05) is 71.0 Å². The van der Waals surface area contributed by atoms with Gasteiger partial charge in [-0.3, -0.25) is 4.79 Å². The van der Waals surface area contributed by atoms with Gasteiger partial charge in [0, 0.05) is 17.2 Å². The summed E-state index contributed by atoms with van der Waals surface area (Å²) in [6.07, 6.45) is 2.36. The Balaban J connectivity index is 1.62. The van der Waals surface area contributed by atoms with Crippen molar-refractivity contribution in [2.75, 3.05) is 12.4 Å². The zero-order chi connectivity index (χ0) is 25.4. The highest BCUT2D eigenvalue weighted by Crippen LogP contribution is 2.47. The lowest BCUT2D eigenvalue weighted by Crippen LogP contribution is -2.34. The van der Waals surface area contributed by atoms with E-state index in [1.807, 2.05) is 18.2 Å². The third kappa shape index (κ3) is 4.88. The molecule has 3 aromatic rings. The first-order valence-electron chi connectivity index (χ1n) is 12.3. The summed E-state index contributed by atoms with van der Waals surface area (Å²) in [7, 11) is 1.34. The molecule has 4 rings (SSSR count). The Morgan fingerprint density at radius 2 is 1.43 bits per heavy atom. The zero-order valence-electron chi connectivity index (χ0n) is 21.6. The Hall–Kier alpha value is -3.40. The second kappa shape index (κ2) is 9.33. The van der Waals surface area contributed by atoms with Crippen molar-refractivity contribution in [3.8, 4) is 0 Å². The molecule has 1 aliphatic carbocycles. The van der Waals surface area contributed by atoms with Gasteiger partial charge in [0.2, 0.25) is 0 Å². The number of ether oxygens (including phenoxy) is 1. The van der Waals surface area contributed by atoms with E-state index in [1.54, 1.807) is 24.3 Å². The highest BCUT2D eigenvalue weighted by Gasteiger charge is 2.37. The topological polar surface area (TPSA) is 55.4 Å². The third-order valence-electron chi connectivity index (χ3n) is 7.62. The number of carbonyl (C=O) groups is 2. The highest BCUT2D eigenvalue weighted by molar-refractivity contribution is 6.05. The number of rotatable bonds is 5. The van der Waals surface area contributed by atoms with Crippen molar-refractivity contribution in [2.24, 2.45) is 0 Å². The predicted molar refractivity (Wildman–Crippen MR) is 141 cm³/mol. The van der Waals surface area contributed by atoms with Crippen LogP contribution in [0.4, 0.5) is 5.69 Å². The number of esters is 1. The Bertz CT molecular complexity index is 1250. The zero-order valence-corrected chi connectivity index (χ0v) is 21.6. The van der Waals surface area contributed by atoms with E-state index in [0.29, 0.717) is 11.1 Å². The molecule has 0 saturated carbocycles. The van der Waals surface area contributed by atoms with Gasteiger partial charge in [-0.25, -0.2) is 4.79 Å². The quantitative estimate of drug-likeness (QED) is 0.401. The molecule has 4 heteroatoms. The number of carbonyl (C=O) groups excluding carboxylic acids is 2. The maximum absolute atomic E-state index is 13.0. The summed E-state index contributed by atoms with van der Waals surface area (Å²) in [5.74, 6) is -0.526. The van der Waals surface area contributed by atoms with Gasteiger partial charge in [-0.15, -0.1) is 0 Å². The molecule has 0 aliphatic heterocycles. The van der Waals surface area contributed by atoms with E-state index in [1.165, 1.54) is 36.6 Å². The second-order valence-corrected chi connectivity index (χ2v) is 10.9. The van der Waals surface area contributed by atoms with Crippen LogP contribution < -0.4 is 5.32 Å². The van der Waals surface area contributed by atoms with Crippen molar-refractivity contribution < 1.29 is 14.3 Å². The number of benzene rings is 3. The van der Waals surface area contributed by atoms with E-state index in [2.05, 4.69) is 64.2 Å². The van der Waals surface area contributed by atoms with Gasteiger partial charge in [-0.2, -0.15) is 0 Å². The summed E-state index contributed by atoms with van der Waals surface area (Å²) in [4.78, 5) is 24.7. The van der Waals surface area contributed by atoms with E-state index in [9.17, 15) is 9.59 Å². The first kappa shape index (κ1) is 24.7. The Morgan fingerprint density at radius 1 is 0.829 bits per heavy atom. The normalized spacial score (nSPS) is 16.6. The number of para-hydroxylation sites is 1. The van der Waals surface area contributed by atoms with Crippen molar-refractivity contribution in [3.05, 3.63) is 100 Å². The molecule has 1 amide bonds. The fraction of sp³-hybridized carbons (Fsp3) is 0.355. The third-order valence-corrected chi connectivity index (χ3v) is 7.62. The van der Waals surface area contributed by atoms with Gasteiger partial charge in [0.25, 0.3) is 5.91 Å². The van der Waals surface area contributed by atoms with Gasteiger partial charge >= 0.3 is 5.97 Å². The van der Waals surface area contributed by atoms with Crippen LogP contribution in [0.25, 0.3) is 0 Å². The van der Waals surface area contributed by atoms with Crippen LogP contribution in [0.5, 0.6) is 0 Å². The number of hydrogen-bond acceptors (Lipinski definition) is 3. The smallest absolute Gasteiger partial charge is 0.337 e. The molecule has 0 spiro atoms. The molecule has 0 bridgehead atoms. The van der Waals surface area contributed by atoms with Gasteiger partial charge < -0.3 is 10.1 Å². The number of hydrogen-bond donors (Lipinski definition) is 1. The number of methoxy groups -OCH3 is 1. The molecular weight excluding hydrogens is 434 g/mol. The van der Waals surface area contributed by atoms with E-state index < -0.39 is 5.97 Å². The van der Waals surface area contributed by atoms with Gasteiger partial charge in [-0.05, 0) is 76.3 Å². The van der Waals surface area contributed by atoms with Crippen molar-refractivity contribution in [2.45, 2.75) is 64.2 Å². The standard InChI is InChI=1S/C31H35NO3/c1-20(23-15-16-25-26(19-23)31(4,5)18-17-30(25,2)3)24-9-7-8-10-27(24)32-28(33)21-11-13-22(14-12-21)29(34)35-6/h7-16,19-20H,17-18H2,1-6H3,(H,32,33). The monoisotopic (exact) mass is 469 g/mol. The Morgan fingerprint density at radius 3 is 2.09 bits per heavy atom. The molecule has 35 heavy (non-hydrogen) atoms. The SMILES string of the molecule is COC(=O)c1ccc(C(=O)Nc2ccccc2C(C)c2ccc3c(c2)C(C)(C)CCC3(C)C)cc1. The molecule has 1 N–H and O–H groups in total. The molecule has 0 saturated heterocycles. The van der Waals surface area contributed by atoms with Gasteiger partial charge in [0.1, 0.15) is 0 Å². The number of amides is 1. The van der Waals surface area contributed by atoms with Crippen LogP contribution >= 0.6 is 0 Å². The first-order chi connectivity index (χ1) is 16.5. The van der Waals surface area contributed by atoms with Crippen molar-refractivity contribution in [1.82, 2.24) is 0 Å². The highest BCUT2D eigenvalue weighted by atomic mass is 16.5. The fourth-order valence-corrected chi connectivity index (χ4v) is 5.11. The Kier molecular flexibility index (Phi) is 6.59. The van der Waals surface area contributed by atoms with E-state index in [0.717, 1.165) is 11.3 Å². The summed E-state index contributed by atoms with van der Waals surface area (Å²) in [6, 6.07) is 21.4. The van der Waals surface area contributed by atoms with Crippen LogP contribution in [0, 0.1) is 0 Å². The molecule has 1 atom stereocenters. The van der Waals surface area contributed by atoms with Crippen LogP contribution in [0.2, 0.25) is 0 Å². The molecule has 4 nitrogen and oxygen atoms in total. The number of fused-ring (bicyclic) bond motifs is 1. The average Bonchev–Trinajstić information content (AvgIpc) is 2.86. The molecule has 3 aromatic carbocycles. The molecule has 1 aliphatic rings. The lowest BCUT2D eigenvalue weighted by molar-refractivity contribution is 0.0600. The van der Waals surface area contributed by atoms with Crippen LogP contribution in [0.3, 0.4) is 0 Å². The summed E-state index contributed by atoms with van der Waals surface area (Å²) in [5, 5.41) is 3.08. The molecule has 0 aromatic heterocycles. The lowest BCUT2D eigenvalue weighted by atomic mass is 9.62. The first-order valence-corrected chi connectivity index (χ1v) is 12.3. The fourth-order valence-electron chi connectivity index (χ4n) is 5.11. The van der Waals surface area contributed by atoms with Crippen LogP contribution in [0.15, 0.2) is 66.7 Å². The lowest BCUT2D eigenvalue weighted by Gasteiger charge is -2.42. The van der Waals surface area contributed by atoms with Crippen molar-refractivity contribution in [1.29, 1.82) is 0 Å². The average molecular weight is 470 g/mol. The molecule has 182 valence electrons. The summed E-state index contributed by atoms with van der Waals surface area (Å²) in [5.41, 5.74) is 7.21. The maximum atomic E-state index is 13.0.